The van der Waals surface area contributed by atoms with Gasteiger partial charge in [-0.15, -0.1) is 0 Å². The van der Waals surface area contributed by atoms with Gasteiger partial charge in [0.05, 0.1) is 22.6 Å². The van der Waals surface area contributed by atoms with Crippen molar-refractivity contribution in [2.75, 3.05) is 5.32 Å². The predicted octanol–water partition coefficient (Wildman–Crippen LogP) is 2.75. The number of amides is 1. The van der Waals surface area contributed by atoms with Crippen LogP contribution in [0, 0.1) is 6.92 Å². The van der Waals surface area contributed by atoms with Crippen molar-refractivity contribution in [2.24, 2.45) is 0 Å². The first kappa shape index (κ1) is 13.4. The van der Waals surface area contributed by atoms with Crippen molar-refractivity contribution in [1.82, 2.24) is 9.78 Å². The van der Waals surface area contributed by atoms with Gasteiger partial charge in [0.1, 0.15) is 11.8 Å². The van der Waals surface area contributed by atoms with Crippen LogP contribution in [0.2, 0.25) is 5.02 Å². The maximum absolute atomic E-state index is 12.1. The zero-order valence-corrected chi connectivity index (χ0v) is 11.3. The fourth-order valence-corrected chi connectivity index (χ4v) is 1.85. The minimum absolute atomic E-state index is 0.0262. The zero-order valence-electron chi connectivity index (χ0n) is 10.6. The lowest BCUT2D eigenvalue weighted by atomic mass is 10.2. The molecular formula is C13H14ClN3O2. The van der Waals surface area contributed by atoms with Gasteiger partial charge in [-0.2, -0.15) is 5.10 Å². The van der Waals surface area contributed by atoms with Gasteiger partial charge in [0.15, 0.2) is 0 Å². The molecular weight excluding hydrogens is 266 g/mol. The normalized spacial score (nSPS) is 12.2. The van der Waals surface area contributed by atoms with Crippen molar-refractivity contribution in [3.05, 3.63) is 41.2 Å². The highest BCUT2D eigenvalue weighted by molar-refractivity contribution is 6.31. The van der Waals surface area contributed by atoms with Gasteiger partial charge in [-0.05, 0) is 26.0 Å². The number of aromatic hydroxyl groups is 1. The number of halogens is 1. The van der Waals surface area contributed by atoms with Gasteiger partial charge >= 0.3 is 0 Å². The number of hydrogen-bond donors (Lipinski definition) is 2. The number of anilines is 1. The summed E-state index contributed by atoms with van der Waals surface area (Å²) >= 11 is 5.91. The fourth-order valence-electron chi connectivity index (χ4n) is 1.72. The second-order valence-electron chi connectivity index (χ2n) is 4.20. The molecule has 2 N–H and O–H groups in total. The van der Waals surface area contributed by atoms with Gasteiger partial charge in [0.2, 0.25) is 5.91 Å². The quantitative estimate of drug-likeness (QED) is 0.849. The minimum Gasteiger partial charge on any atom is -0.506 e. The molecule has 2 aromatic rings. The number of aromatic nitrogens is 2. The standard InChI is InChI=1S/C13H14ClN3O2/c1-8-10(14)7-15-17(8)9(2)13(19)16-11-5-3-4-6-12(11)18/h3-7,9,18H,1-2H3,(H,16,19). The summed E-state index contributed by atoms with van der Waals surface area (Å²) in [4.78, 5) is 12.1. The molecule has 5 nitrogen and oxygen atoms in total. The van der Waals surface area contributed by atoms with Crippen LogP contribution in [0.25, 0.3) is 0 Å². The van der Waals surface area contributed by atoms with Gasteiger partial charge in [0, 0.05) is 0 Å². The highest BCUT2D eigenvalue weighted by Crippen LogP contribution is 2.23. The van der Waals surface area contributed by atoms with Crippen LogP contribution in [0.1, 0.15) is 18.7 Å². The molecule has 1 aromatic heterocycles. The molecule has 1 atom stereocenters. The first-order valence-electron chi connectivity index (χ1n) is 5.79. The van der Waals surface area contributed by atoms with E-state index < -0.39 is 6.04 Å². The summed E-state index contributed by atoms with van der Waals surface area (Å²) < 4.78 is 1.54. The Labute approximate surface area is 115 Å². The second-order valence-corrected chi connectivity index (χ2v) is 4.61. The Bertz CT molecular complexity index is 610. The molecule has 1 unspecified atom stereocenters. The molecule has 2 rings (SSSR count). The monoisotopic (exact) mass is 279 g/mol. The van der Waals surface area contributed by atoms with E-state index in [0.29, 0.717) is 10.7 Å². The summed E-state index contributed by atoms with van der Waals surface area (Å²) in [7, 11) is 0. The van der Waals surface area contributed by atoms with Crippen LogP contribution in [0.15, 0.2) is 30.5 Å². The SMILES string of the molecule is Cc1c(Cl)cnn1C(C)C(=O)Nc1ccccc1O. The Balaban J connectivity index is 2.17. The average Bonchev–Trinajstić information content (AvgIpc) is 2.72. The van der Waals surface area contributed by atoms with E-state index in [-0.39, 0.29) is 11.7 Å². The third kappa shape index (κ3) is 2.71. The van der Waals surface area contributed by atoms with E-state index in [1.807, 2.05) is 0 Å². The molecule has 0 radical (unpaired) electrons. The van der Waals surface area contributed by atoms with E-state index in [4.69, 9.17) is 11.6 Å². The van der Waals surface area contributed by atoms with Crippen LogP contribution in [-0.4, -0.2) is 20.8 Å². The lowest BCUT2D eigenvalue weighted by Gasteiger charge is -2.15. The van der Waals surface area contributed by atoms with E-state index in [2.05, 4.69) is 10.4 Å². The smallest absolute Gasteiger partial charge is 0.249 e. The number of para-hydroxylation sites is 2. The Morgan fingerprint density at radius 1 is 1.47 bits per heavy atom. The number of rotatable bonds is 3. The van der Waals surface area contributed by atoms with E-state index in [1.165, 1.54) is 16.9 Å². The summed E-state index contributed by atoms with van der Waals surface area (Å²) in [5, 5.41) is 16.8. The first-order chi connectivity index (χ1) is 9.00. The van der Waals surface area contributed by atoms with Crippen LogP contribution in [0.3, 0.4) is 0 Å². The van der Waals surface area contributed by atoms with Crippen LogP contribution >= 0.6 is 11.6 Å². The third-order valence-corrected chi connectivity index (χ3v) is 3.26. The van der Waals surface area contributed by atoms with Crippen LogP contribution in [-0.2, 0) is 4.79 Å². The molecule has 0 aliphatic carbocycles. The molecule has 0 aliphatic rings. The van der Waals surface area contributed by atoms with Gasteiger partial charge in [-0.3, -0.25) is 9.48 Å². The van der Waals surface area contributed by atoms with E-state index in [0.717, 1.165) is 5.69 Å². The number of hydrogen-bond acceptors (Lipinski definition) is 3. The molecule has 100 valence electrons. The first-order valence-corrected chi connectivity index (χ1v) is 6.17. The van der Waals surface area contributed by atoms with Crippen molar-refractivity contribution in [3.63, 3.8) is 0 Å². The summed E-state index contributed by atoms with van der Waals surface area (Å²) in [6.45, 7) is 3.50. The predicted molar refractivity (Wildman–Crippen MR) is 73.4 cm³/mol. The van der Waals surface area contributed by atoms with Crippen LogP contribution in [0.5, 0.6) is 5.75 Å². The number of phenolic OH excluding ortho intramolecular Hbond substituents is 1. The topological polar surface area (TPSA) is 67.2 Å². The molecule has 0 spiro atoms. The minimum atomic E-state index is -0.521. The molecule has 0 fully saturated rings. The number of carbonyl (C=O) groups excluding carboxylic acids is 1. The lowest BCUT2D eigenvalue weighted by Crippen LogP contribution is -2.25. The molecule has 0 bridgehead atoms. The average molecular weight is 280 g/mol. The highest BCUT2D eigenvalue weighted by atomic mass is 35.5. The van der Waals surface area contributed by atoms with E-state index in [1.54, 1.807) is 32.0 Å². The number of carbonyl (C=O) groups is 1. The lowest BCUT2D eigenvalue weighted by molar-refractivity contribution is -0.119. The Morgan fingerprint density at radius 2 is 2.16 bits per heavy atom. The number of nitrogens with one attached hydrogen (secondary N) is 1. The number of nitrogens with zero attached hydrogens (tertiary/aromatic N) is 2. The summed E-state index contributed by atoms with van der Waals surface area (Å²) in [6, 6.07) is 6.04. The fraction of sp³-hybridized carbons (Fsp3) is 0.231. The largest absolute Gasteiger partial charge is 0.506 e. The van der Waals surface area contributed by atoms with Crippen LogP contribution in [0.4, 0.5) is 5.69 Å². The van der Waals surface area contributed by atoms with Gasteiger partial charge in [-0.25, -0.2) is 0 Å². The van der Waals surface area contributed by atoms with E-state index >= 15 is 0 Å². The van der Waals surface area contributed by atoms with Gasteiger partial charge in [0.25, 0.3) is 0 Å². The van der Waals surface area contributed by atoms with Crippen LogP contribution < -0.4 is 5.32 Å². The van der Waals surface area contributed by atoms with Crippen molar-refractivity contribution in [3.8, 4) is 5.75 Å². The number of phenols is 1. The maximum atomic E-state index is 12.1. The Morgan fingerprint density at radius 3 is 2.74 bits per heavy atom. The third-order valence-electron chi connectivity index (χ3n) is 2.89. The maximum Gasteiger partial charge on any atom is 0.249 e. The highest BCUT2D eigenvalue weighted by Gasteiger charge is 2.19. The zero-order chi connectivity index (χ0) is 14.0. The summed E-state index contributed by atoms with van der Waals surface area (Å²) in [6.07, 6.45) is 1.50. The Kier molecular flexibility index (Phi) is 3.76. The molecule has 1 aromatic carbocycles. The Hall–Kier alpha value is -2.01. The number of benzene rings is 1. The van der Waals surface area contributed by atoms with Crippen molar-refractivity contribution < 1.29 is 9.90 Å². The molecule has 0 saturated carbocycles. The molecule has 1 amide bonds. The molecule has 1 heterocycles. The summed E-state index contributed by atoms with van der Waals surface area (Å²) in [5.41, 5.74) is 1.09. The van der Waals surface area contributed by atoms with E-state index in [9.17, 15) is 9.90 Å². The van der Waals surface area contributed by atoms with Crippen molar-refractivity contribution >= 4 is 23.2 Å². The molecule has 6 heteroatoms. The molecule has 19 heavy (non-hydrogen) atoms. The van der Waals surface area contributed by atoms with Gasteiger partial charge < -0.3 is 10.4 Å². The van der Waals surface area contributed by atoms with Crippen molar-refractivity contribution in [2.45, 2.75) is 19.9 Å². The van der Waals surface area contributed by atoms with Gasteiger partial charge in [-0.1, -0.05) is 23.7 Å². The second kappa shape index (κ2) is 5.32. The summed E-state index contributed by atoms with van der Waals surface area (Å²) in [5.74, 6) is -0.248. The molecule has 0 saturated heterocycles. The van der Waals surface area contributed by atoms with Crippen molar-refractivity contribution in [1.29, 1.82) is 0 Å². The molecule has 0 aliphatic heterocycles.